The van der Waals surface area contributed by atoms with Crippen LogP contribution in [0, 0.1) is 0 Å². The third-order valence-corrected chi connectivity index (χ3v) is 4.61. The third-order valence-electron chi connectivity index (χ3n) is 3.62. The average Bonchev–Trinajstić information content (AvgIpc) is 2.62. The molecule has 2 N–H and O–H groups in total. The SMILES string of the molecule is O=C(NCCCCCCOc1ccc(Cl)cc1)Nc1ccc(Cl)c(Cl)c1. The molecule has 0 aliphatic rings. The van der Waals surface area contributed by atoms with Gasteiger partial charge in [0.15, 0.2) is 0 Å². The summed E-state index contributed by atoms with van der Waals surface area (Å²) >= 11 is 17.6. The molecule has 0 saturated carbocycles. The fourth-order valence-corrected chi connectivity index (χ4v) is 2.68. The highest BCUT2D eigenvalue weighted by Crippen LogP contribution is 2.24. The van der Waals surface area contributed by atoms with Gasteiger partial charge in [-0.15, -0.1) is 0 Å². The smallest absolute Gasteiger partial charge is 0.319 e. The second kappa shape index (κ2) is 11.2. The Bertz CT molecular complexity index is 708. The maximum absolute atomic E-state index is 11.8. The van der Waals surface area contributed by atoms with Crippen LogP contribution in [0.5, 0.6) is 5.75 Å². The largest absolute Gasteiger partial charge is 0.494 e. The van der Waals surface area contributed by atoms with Crippen molar-refractivity contribution in [3.8, 4) is 5.75 Å². The van der Waals surface area contributed by atoms with E-state index in [-0.39, 0.29) is 6.03 Å². The number of halogens is 3. The molecule has 0 aromatic heterocycles. The number of nitrogens with one attached hydrogen (secondary N) is 2. The van der Waals surface area contributed by atoms with Crippen molar-refractivity contribution in [3.05, 3.63) is 57.5 Å². The van der Waals surface area contributed by atoms with Crippen LogP contribution in [0.15, 0.2) is 42.5 Å². The number of benzene rings is 2. The molecule has 0 atom stereocenters. The van der Waals surface area contributed by atoms with E-state index in [1.54, 1.807) is 18.2 Å². The number of unbranched alkanes of at least 4 members (excludes halogenated alkanes) is 3. The maximum atomic E-state index is 11.8. The van der Waals surface area contributed by atoms with Gasteiger partial charge in [0.05, 0.1) is 16.7 Å². The van der Waals surface area contributed by atoms with Gasteiger partial charge in [-0.25, -0.2) is 4.79 Å². The van der Waals surface area contributed by atoms with E-state index < -0.39 is 0 Å². The molecule has 2 aromatic carbocycles. The predicted octanol–water partition coefficient (Wildman–Crippen LogP) is 6.41. The lowest BCUT2D eigenvalue weighted by molar-refractivity contribution is 0.251. The van der Waals surface area contributed by atoms with Crippen molar-refractivity contribution in [1.29, 1.82) is 0 Å². The van der Waals surface area contributed by atoms with Crippen LogP contribution in [-0.4, -0.2) is 19.2 Å². The van der Waals surface area contributed by atoms with Crippen molar-refractivity contribution in [2.45, 2.75) is 25.7 Å². The Morgan fingerprint density at radius 1 is 0.885 bits per heavy atom. The summed E-state index contributed by atoms with van der Waals surface area (Å²) in [6.45, 7) is 1.29. The summed E-state index contributed by atoms with van der Waals surface area (Å²) in [7, 11) is 0. The van der Waals surface area contributed by atoms with Gasteiger partial charge in [0.25, 0.3) is 0 Å². The summed E-state index contributed by atoms with van der Waals surface area (Å²) in [4.78, 5) is 11.8. The topological polar surface area (TPSA) is 50.4 Å². The normalized spacial score (nSPS) is 10.4. The number of hydrogen-bond donors (Lipinski definition) is 2. The van der Waals surface area contributed by atoms with Crippen LogP contribution in [0.1, 0.15) is 25.7 Å². The zero-order valence-electron chi connectivity index (χ0n) is 14.2. The first-order valence-corrected chi connectivity index (χ1v) is 9.56. The minimum atomic E-state index is -0.255. The van der Waals surface area contributed by atoms with Crippen molar-refractivity contribution in [1.82, 2.24) is 5.32 Å². The number of rotatable bonds is 9. The van der Waals surface area contributed by atoms with Gasteiger partial charge in [0.1, 0.15) is 5.75 Å². The average molecular weight is 416 g/mol. The Hall–Kier alpha value is -1.62. The second-order valence-corrected chi connectivity index (χ2v) is 6.98. The number of carbonyl (C=O) groups is 1. The van der Waals surface area contributed by atoms with E-state index in [1.807, 2.05) is 24.3 Å². The summed E-state index contributed by atoms with van der Waals surface area (Å²) in [6, 6.07) is 12.0. The highest BCUT2D eigenvalue weighted by molar-refractivity contribution is 6.42. The first-order chi connectivity index (χ1) is 12.5. The van der Waals surface area contributed by atoms with Gasteiger partial charge in [0.2, 0.25) is 0 Å². The fourth-order valence-electron chi connectivity index (χ4n) is 2.25. The van der Waals surface area contributed by atoms with Crippen LogP contribution in [0.3, 0.4) is 0 Å². The van der Waals surface area contributed by atoms with Gasteiger partial charge >= 0.3 is 6.03 Å². The lowest BCUT2D eigenvalue weighted by atomic mass is 10.2. The standard InChI is InChI=1S/C19H21Cl3N2O2/c20-14-5-8-16(9-6-14)26-12-4-2-1-3-11-23-19(25)24-15-7-10-17(21)18(22)13-15/h5-10,13H,1-4,11-12H2,(H2,23,24,25). The molecule has 0 unspecified atom stereocenters. The number of amides is 2. The van der Waals surface area contributed by atoms with Crippen LogP contribution in [0.4, 0.5) is 10.5 Å². The zero-order chi connectivity index (χ0) is 18.8. The van der Waals surface area contributed by atoms with E-state index in [2.05, 4.69) is 10.6 Å². The lowest BCUT2D eigenvalue weighted by Gasteiger charge is -2.09. The van der Waals surface area contributed by atoms with E-state index >= 15 is 0 Å². The van der Waals surface area contributed by atoms with E-state index in [1.165, 1.54) is 0 Å². The van der Waals surface area contributed by atoms with Crippen LogP contribution >= 0.6 is 34.8 Å². The first-order valence-electron chi connectivity index (χ1n) is 8.43. The van der Waals surface area contributed by atoms with Gasteiger partial charge in [-0.05, 0) is 55.3 Å². The van der Waals surface area contributed by atoms with E-state index in [9.17, 15) is 4.79 Å². The highest BCUT2D eigenvalue weighted by atomic mass is 35.5. The van der Waals surface area contributed by atoms with Crippen molar-refractivity contribution in [2.75, 3.05) is 18.5 Å². The Morgan fingerprint density at radius 3 is 2.35 bits per heavy atom. The van der Waals surface area contributed by atoms with Crippen LogP contribution in [0.2, 0.25) is 15.1 Å². The quantitative estimate of drug-likeness (QED) is 0.465. The van der Waals surface area contributed by atoms with Gasteiger partial charge in [0, 0.05) is 17.3 Å². The molecule has 2 rings (SSSR count). The molecule has 0 fully saturated rings. The molecule has 0 aliphatic heterocycles. The Labute approximate surface area is 168 Å². The van der Waals surface area contributed by atoms with Gasteiger partial charge in [-0.1, -0.05) is 47.6 Å². The Balaban J connectivity index is 1.50. The lowest BCUT2D eigenvalue weighted by Crippen LogP contribution is -2.29. The number of carbonyl (C=O) groups excluding carboxylic acids is 1. The molecule has 7 heteroatoms. The second-order valence-electron chi connectivity index (χ2n) is 5.73. The number of anilines is 1. The van der Waals surface area contributed by atoms with Crippen LogP contribution in [0.25, 0.3) is 0 Å². The molecule has 0 heterocycles. The fraction of sp³-hybridized carbons (Fsp3) is 0.316. The van der Waals surface area contributed by atoms with Gasteiger partial charge < -0.3 is 15.4 Å². The molecule has 26 heavy (non-hydrogen) atoms. The molecule has 0 saturated heterocycles. The summed E-state index contributed by atoms with van der Waals surface area (Å²) in [5, 5.41) is 7.10. The molecule has 0 spiro atoms. The molecule has 2 amide bonds. The number of urea groups is 1. The molecular weight excluding hydrogens is 395 g/mol. The molecular formula is C19H21Cl3N2O2. The van der Waals surface area contributed by atoms with E-state index in [4.69, 9.17) is 39.5 Å². The summed E-state index contributed by atoms with van der Waals surface area (Å²) in [6.07, 6.45) is 3.95. The summed E-state index contributed by atoms with van der Waals surface area (Å²) < 4.78 is 5.63. The van der Waals surface area contributed by atoms with Crippen molar-refractivity contribution in [2.24, 2.45) is 0 Å². The number of ether oxygens (including phenoxy) is 1. The molecule has 0 aliphatic carbocycles. The highest BCUT2D eigenvalue weighted by Gasteiger charge is 2.03. The predicted molar refractivity (Wildman–Crippen MR) is 109 cm³/mol. The Kier molecular flexibility index (Phi) is 8.89. The molecule has 140 valence electrons. The van der Waals surface area contributed by atoms with E-state index in [0.717, 1.165) is 31.4 Å². The van der Waals surface area contributed by atoms with Crippen molar-refractivity contribution in [3.63, 3.8) is 0 Å². The van der Waals surface area contributed by atoms with Gasteiger partial charge in [-0.2, -0.15) is 0 Å². The van der Waals surface area contributed by atoms with Crippen molar-refractivity contribution < 1.29 is 9.53 Å². The minimum absolute atomic E-state index is 0.255. The van der Waals surface area contributed by atoms with E-state index in [0.29, 0.717) is 33.9 Å². The summed E-state index contributed by atoms with van der Waals surface area (Å²) in [5.41, 5.74) is 0.608. The molecule has 0 bridgehead atoms. The van der Waals surface area contributed by atoms with Crippen molar-refractivity contribution >= 4 is 46.5 Å². The number of hydrogen-bond acceptors (Lipinski definition) is 2. The van der Waals surface area contributed by atoms with Gasteiger partial charge in [-0.3, -0.25) is 0 Å². The molecule has 4 nitrogen and oxygen atoms in total. The summed E-state index contributed by atoms with van der Waals surface area (Å²) in [5.74, 6) is 0.829. The van der Waals surface area contributed by atoms with Crippen LogP contribution in [-0.2, 0) is 0 Å². The third kappa shape index (κ3) is 7.73. The molecule has 2 aromatic rings. The minimum Gasteiger partial charge on any atom is -0.494 e. The van der Waals surface area contributed by atoms with Crippen LogP contribution < -0.4 is 15.4 Å². The zero-order valence-corrected chi connectivity index (χ0v) is 16.5. The monoisotopic (exact) mass is 414 g/mol. The molecule has 0 radical (unpaired) electrons. The Morgan fingerprint density at radius 2 is 1.62 bits per heavy atom. The first kappa shape index (κ1) is 20.7. The maximum Gasteiger partial charge on any atom is 0.319 e.